The maximum absolute atomic E-state index is 12.6. The number of benzene rings is 1. The maximum Gasteiger partial charge on any atom is 0.237 e. The van der Waals surface area contributed by atoms with E-state index in [1.54, 1.807) is 0 Å². The normalized spacial score (nSPS) is 22.3. The molecule has 1 aliphatic carbocycles. The van der Waals surface area contributed by atoms with Crippen molar-refractivity contribution in [1.29, 1.82) is 0 Å². The quantitative estimate of drug-likeness (QED) is 0.863. The van der Waals surface area contributed by atoms with Gasteiger partial charge in [-0.05, 0) is 44.1 Å². The zero-order chi connectivity index (χ0) is 17.7. The van der Waals surface area contributed by atoms with Crippen LogP contribution < -0.4 is 11.1 Å². The molecule has 3 N–H and O–H groups in total. The van der Waals surface area contributed by atoms with Crippen molar-refractivity contribution in [3.8, 4) is 0 Å². The summed E-state index contributed by atoms with van der Waals surface area (Å²) >= 11 is 0. The number of ether oxygens (including phenoxy) is 1. The minimum atomic E-state index is -0.415. The minimum absolute atomic E-state index is 0.00417. The molecule has 2 aliphatic rings. The van der Waals surface area contributed by atoms with Crippen LogP contribution in [0.1, 0.15) is 56.1 Å². The molecule has 0 radical (unpaired) electrons. The Labute approximate surface area is 151 Å². The van der Waals surface area contributed by atoms with E-state index in [0.717, 1.165) is 38.9 Å². The molecular formula is C21H32N2O2. The molecule has 1 unspecified atom stereocenters. The van der Waals surface area contributed by atoms with Crippen LogP contribution in [-0.4, -0.2) is 31.7 Å². The van der Waals surface area contributed by atoms with Crippen LogP contribution in [0, 0.1) is 12.8 Å². The standard InChI is InChI=1S/C21H32N2O2/c1-16-6-5-7-18(14-16)21(10-3-2-4-11-21)15-23-20(24)19(22)17-8-12-25-13-9-17/h5-7,14,17,19H,2-4,8-13,15,22H2,1H3,(H,23,24). The molecule has 1 atom stereocenters. The molecule has 1 heterocycles. The molecule has 1 aliphatic heterocycles. The third kappa shape index (κ3) is 4.42. The van der Waals surface area contributed by atoms with Gasteiger partial charge in [-0.25, -0.2) is 0 Å². The number of hydrogen-bond acceptors (Lipinski definition) is 3. The molecule has 2 fully saturated rings. The van der Waals surface area contributed by atoms with Crippen molar-refractivity contribution in [1.82, 2.24) is 5.32 Å². The molecule has 1 saturated carbocycles. The fraction of sp³-hybridized carbons (Fsp3) is 0.667. The third-order valence-electron chi connectivity index (χ3n) is 6.12. The van der Waals surface area contributed by atoms with Gasteiger partial charge in [0.1, 0.15) is 0 Å². The van der Waals surface area contributed by atoms with Crippen LogP contribution in [0.15, 0.2) is 24.3 Å². The van der Waals surface area contributed by atoms with Gasteiger partial charge >= 0.3 is 0 Å². The number of hydrogen-bond donors (Lipinski definition) is 2. The predicted molar refractivity (Wildman–Crippen MR) is 100 cm³/mol. The third-order valence-corrected chi connectivity index (χ3v) is 6.12. The van der Waals surface area contributed by atoms with Gasteiger partial charge in [0.2, 0.25) is 5.91 Å². The van der Waals surface area contributed by atoms with E-state index in [1.807, 2.05) is 0 Å². The summed E-state index contributed by atoms with van der Waals surface area (Å²) in [5.74, 6) is 0.250. The summed E-state index contributed by atoms with van der Waals surface area (Å²) in [5, 5.41) is 3.20. The number of rotatable bonds is 5. The molecule has 0 bridgehead atoms. The monoisotopic (exact) mass is 344 g/mol. The van der Waals surface area contributed by atoms with Crippen LogP contribution in [0.5, 0.6) is 0 Å². The van der Waals surface area contributed by atoms with Crippen molar-refractivity contribution < 1.29 is 9.53 Å². The van der Waals surface area contributed by atoms with E-state index in [-0.39, 0.29) is 17.2 Å². The number of carbonyl (C=O) groups excluding carboxylic acids is 1. The SMILES string of the molecule is Cc1cccc(C2(CNC(=O)C(N)C3CCOCC3)CCCCC2)c1. The Morgan fingerprint density at radius 3 is 2.68 bits per heavy atom. The molecule has 1 aromatic carbocycles. The van der Waals surface area contributed by atoms with Gasteiger partial charge in [0.05, 0.1) is 6.04 Å². The lowest BCUT2D eigenvalue weighted by atomic mass is 9.69. The van der Waals surface area contributed by atoms with E-state index in [9.17, 15) is 4.79 Å². The zero-order valence-electron chi connectivity index (χ0n) is 15.4. The van der Waals surface area contributed by atoms with Gasteiger partial charge in [0, 0.05) is 25.2 Å². The van der Waals surface area contributed by atoms with E-state index in [4.69, 9.17) is 10.5 Å². The van der Waals surface area contributed by atoms with E-state index in [1.165, 1.54) is 30.4 Å². The Hall–Kier alpha value is -1.39. The second kappa shape index (κ2) is 8.33. The van der Waals surface area contributed by atoms with Gasteiger partial charge in [0.25, 0.3) is 0 Å². The van der Waals surface area contributed by atoms with Crippen molar-refractivity contribution in [3.05, 3.63) is 35.4 Å². The number of aryl methyl sites for hydroxylation is 1. The first kappa shape index (κ1) is 18.4. The minimum Gasteiger partial charge on any atom is -0.381 e. The second-order valence-electron chi connectivity index (χ2n) is 7.90. The van der Waals surface area contributed by atoms with Gasteiger partial charge in [-0.1, -0.05) is 49.1 Å². The summed E-state index contributed by atoms with van der Waals surface area (Å²) in [4.78, 5) is 12.6. The number of nitrogens with two attached hydrogens (primary N) is 1. The Morgan fingerprint density at radius 2 is 2.00 bits per heavy atom. The lowest BCUT2D eigenvalue weighted by Crippen LogP contribution is -2.51. The van der Waals surface area contributed by atoms with Crippen LogP contribution in [0.4, 0.5) is 0 Å². The number of nitrogens with one attached hydrogen (secondary N) is 1. The smallest absolute Gasteiger partial charge is 0.237 e. The second-order valence-corrected chi connectivity index (χ2v) is 7.90. The first-order chi connectivity index (χ1) is 12.1. The summed E-state index contributed by atoms with van der Waals surface area (Å²) in [6.07, 6.45) is 7.82. The Morgan fingerprint density at radius 1 is 1.28 bits per heavy atom. The highest BCUT2D eigenvalue weighted by molar-refractivity contribution is 5.82. The van der Waals surface area contributed by atoms with Crippen molar-refractivity contribution in [2.45, 2.75) is 63.3 Å². The Kier molecular flexibility index (Phi) is 6.13. The first-order valence-electron chi connectivity index (χ1n) is 9.79. The molecule has 1 amide bonds. The molecule has 0 aromatic heterocycles. The van der Waals surface area contributed by atoms with E-state index in [0.29, 0.717) is 6.54 Å². The van der Waals surface area contributed by atoms with Crippen LogP contribution in [0.3, 0.4) is 0 Å². The van der Waals surface area contributed by atoms with Crippen LogP contribution in [-0.2, 0) is 14.9 Å². The highest BCUT2D eigenvalue weighted by atomic mass is 16.5. The molecule has 4 heteroatoms. The van der Waals surface area contributed by atoms with E-state index in [2.05, 4.69) is 36.5 Å². The predicted octanol–water partition coefficient (Wildman–Crippen LogP) is 3.07. The average Bonchev–Trinajstić information content (AvgIpc) is 2.67. The zero-order valence-corrected chi connectivity index (χ0v) is 15.4. The summed E-state index contributed by atoms with van der Waals surface area (Å²) in [5.41, 5.74) is 8.96. The molecule has 3 rings (SSSR count). The Bertz CT molecular complexity index is 575. The van der Waals surface area contributed by atoms with Gasteiger partial charge in [-0.15, -0.1) is 0 Å². The highest BCUT2D eigenvalue weighted by Gasteiger charge is 2.35. The molecule has 4 nitrogen and oxygen atoms in total. The van der Waals surface area contributed by atoms with E-state index < -0.39 is 6.04 Å². The molecule has 25 heavy (non-hydrogen) atoms. The van der Waals surface area contributed by atoms with E-state index >= 15 is 0 Å². The summed E-state index contributed by atoms with van der Waals surface area (Å²) in [7, 11) is 0. The van der Waals surface area contributed by atoms with Gasteiger partial charge in [-0.2, -0.15) is 0 Å². The number of amides is 1. The molecule has 1 saturated heterocycles. The molecule has 138 valence electrons. The number of carbonyl (C=O) groups is 1. The summed E-state index contributed by atoms with van der Waals surface area (Å²) in [6, 6.07) is 8.37. The first-order valence-corrected chi connectivity index (χ1v) is 9.79. The summed E-state index contributed by atoms with van der Waals surface area (Å²) < 4.78 is 5.38. The fourth-order valence-electron chi connectivity index (χ4n) is 4.43. The van der Waals surface area contributed by atoms with Crippen molar-refractivity contribution in [3.63, 3.8) is 0 Å². The summed E-state index contributed by atoms with van der Waals surface area (Å²) in [6.45, 7) is 4.28. The van der Waals surface area contributed by atoms with Crippen molar-refractivity contribution >= 4 is 5.91 Å². The molecule has 1 aromatic rings. The fourth-order valence-corrected chi connectivity index (χ4v) is 4.43. The van der Waals surface area contributed by atoms with Crippen molar-refractivity contribution in [2.24, 2.45) is 11.7 Å². The largest absolute Gasteiger partial charge is 0.381 e. The lowest BCUT2D eigenvalue weighted by Gasteiger charge is -2.39. The van der Waals surface area contributed by atoms with Crippen LogP contribution in [0.2, 0.25) is 0 Å². The average molecular weight is 344 g/mol. The van der Waals surface area contributed by atoms with Gasteiger partial charge in [-0.3, -0.25) is 4.79 Å². The van der Waals surface area contributed by atoms with Crippen molar-refractivity contribution in [2.75, 3.05) is 19.8 Å². The highest BCUT2D eigenvalue weighted by Crippen LogP contribution is 2.39. The van der Waals surface area contributed by atoms with Gasteiger partial charge in [0.15, 0.2) is 0 Å². The van der Waals surface area contributed by atoms with Crippen LogP contribution >= 0.6 is 0 Å². The van der Waals surface area contributed by atoms with Gasteiger partial charge < -0.3 is 15.8 Å². The Balaban J connectivity index is 1.67. The molecular weight excluding hydrogens is 312 g/mol. The molecule has 0 spiro atoms. The van der Waals surface area contributed by atoms with Crippen LogP contribution in [0.25, 0.3) is 0 Å². The topological polar surface area (TPSA) is 64.4 Å². The lowest BCUT2D eigenvalue weighted by molar-refractivity contribution is -0.124. The maximum atomic E-state index is 12.6.